The third-order valence-corrected chi connectivity index (χ3v) is 3.29. The molecular formula is C15H11ClFN3O2. The summed E-state index contributed by atoms with van der Waals surface area (Å²) in [5.41, 5.74) is 0.714. The monoisotopic (exact) mass is 319 g/mol. The fourth-order valence-electron chi connectivity index (χ4n) is 1.98. The van der Waals surface area contributed by atoms with Crippen LogP contribution in [0.25, 0.3) is 10.9 Å². The molecule has 0 radical (unpaired) electrons. The number of hydrogen-bond donors (Lipinski definition) is 2. The molecule has 5 nitrogen and oxygen atoms in total. The molecule has 0 atom stereocenters. The Morgan fingerprint density at radius 1 is 1.27 bits per heavy atom. The van der Waals surface area contributed by atoms with Gasteiger partial charge in [0.2, 0.25) is 5.95 Å². The third kappa shape index (κ3) is 2.73. The number of rotatable bonds is 3. The first-order valence-corrected chi connectivity index (χ1v) is 6.70. The van der Waals surface area contributed by atoms with Gasteiger partial charge in [-0.15, -0.1) is 0 Å². The highest BCUT2D eigenvalue weighted by Crippen LogP contribution is 2.30. The smallest absolute Gasteiger partial charge is 0.227 e. The van der Waals surface area contributed by atoms with Gasteiger partial charge in [-0.2, -0.15) is 0 Å². The SMILES string of the molecule is COc1cc2cnc(Nc3ccc(Cl)cc3F)nc2cc1O. The molecule has 2 N–H and O–H groups in total. The Morgan fingerprint density at radius 3 is 2.82 bits per heavy atom. The van der Waals surface area contributed by atoms with Gasteiger partial charge in [-0.1, -0.05) is 11.6 Å². The van der Waals surface area contributed by atoms with Crippen LogP contribution in [-0.4, -0.2) is 22.2 Å². The van der Waals surface area contributed by atoms with Crippen LogP contribution in [0.2, 0.25) is 5.02 Å². The van der Waals surface area contributed by atoms with E-state index in [0.717, 1.165) is 0 Å². The molecule has 7 heteroatoms. The summed E-state index contributed by atoms with van der Waals surface area (Å²) in [5, 5.41) is 13.6. The summed E-state index contributed by atoms with van der Waals surface area (Å²) < 4.78 is 18.8. The van der Waals surface area contributed by atoms with Crippen molar-refractivity contribution in [1.82, 2.24) is 9.97 Å². The van der Waals surface area contributed by atoms with Crippen molar-refractivity contribution in [3.63, 3.8) is 0 Å². The number of aromatic hydroxyl groups is 1. The summed E-state index contributed by atoms with van der Waals surface area (Å²) in [5.74, 6) is 0.00458. The van der Waals surface area contributed by atoms with Gasteiger partial charge in [0.25, 0.3) is 0 Å². The van der Waals surface area contributed by atoms with E-state index in [0.29, 0.717) is 21.7 Å². The quantitative estimate of drug-likeness (QED) is 0.767. The Hall–Kier alpha value is -2.60. The third-order valence-electron chi connectivity index (χ3n) is 3.06. The van der Waals surface area contributed by atoms with E-state index in [2.05, 4.69) is 15.3 Å². The molecule has 1 heterocycles. The minimum atomic E-state index is -0.506. The van der Waals surface area contributed by atoms with Crippen LogP contribution in [0.1, 0.15) is 0 Å². The zero-order chi connectivity index (χ0) is 15.7. The topological polar surface area (TPSA) is 67.3 Å². The Bertz CT molecular complexity index is 858. The minimum Gasteiger partial charge on any atom is -0.504 e. The molecule has 0 aliphatic carbocycles. The zero-order valence-electron chi connectivity index (χ0n) is 11.5. The second-order valence-electron chi connectivity index (χ2n) is 4.53. The maximum absolute atomic E-state index is 13.8. The van der Waals surface area contributed by atoms with E-state index in [1.165, 1.54) is 25.3 Å². The Kier molecular flexibility index (Phi) is 3.68. The van der Waals surface area contributed by atoms with Gasteiger partial charge in [-0.3, -0.25) is 0 Å². The number of nitrogens with zero attached hydrogens (tertiary/aromatic N) is 2. The first-order chi connectivity index (χ1) is 10.6. The summed E-state index contributed by atoms with van der Waals surface area (Å²) in [4.78, 5) is 8.34. The average Bonchev–Trinajstić information content (AvgIpc) is 2.49. The van der Waals surface area contributed by atoms with Crippen molar-refractivity contribution in [2.45, 2.75) is 0 Å². The number of halogens is 2. The normalized spacial score (nSPS) is 10.7. The van der Waals surface area contributed by atoms with Crippen molar-refractivity contribution in [3.05, 3.63) is 47.4 Å². The van der Waals surface area contributed by atoms with Crippen LogP contribution in [-0.2, 0) is 0 Å². The first kappa shape index (κ1) is 14.3. The molecule has 0 amide bonds. The highest BCUT2D eigenvalue weighted by Gasteiger charge is 2.09. The van der Waals surface area contributed by atoms with Crippen molar-refractivity contribution in [1.29, 1.82) is 0 Å². The maximum Gasteiger partial charge on any atom is 0.227 e. The Morgan fingerprint density at radius 2 is 2.09 bits per heavy atom. The van der Waals surface area contributed by atoms with E-state index in [4.69, 9.17) is 16.3 Å². The van der Waals surface area contributed by atoms with Crippen molar-refractivity contribution < 1.29 is 14.2 Å². The molecule has 0 saturated carbocycles. The standard InChI is InChI=1S/C15H11ClFN3O2/c1-22-14-4-8-7-18-15(20-12(8)6-13(14)21)19-11-3-2-9(16)5-10(11)17/h2-7,21H,1H3,(H,18,19,20). The molecule has 0 aliphatic heterocycles. The fourth-order valence-corrected chi connectivity index (χ4v) is 2.14. The van der Waals surface area contributed by atoms with Crippen molar-refractivity contribution in [2.75, 3.05) is 12.4 Å². The number of hydrogen-bond acceptors (Lipinski definition) is 5. The molecule has 0 fully saturated rings. The average molecular weight is 320 g/mol. The number of aromatic nitrogens is 2. The number of phenols is 1. The van der Waals surface area contributed by atoms with E-state index < -0.39 is 5.82 Å². The highest BCUT2D eigenvalue weighted by molar-refractivity contribution is 6.30. The predicted molar refractivity (Wildman–Crippen MR) is 82.4 cm³/mol. The minimum absolute atomic E-state index is 0.0303. The molecule has 0 saturated heterocycles. The van der Waals surface area contributed by atoms with Gasteiger partial charge in [0.05, 0.1) is 18.3 Å². The first-order valence-electron chi connectivity index (χ1n) is 6.32. The van der Waals surface area contributed by atoms with Gasteiger partial charge in [-0.05, 0) is 24.3 Å². The van der Waals surface area contributed by atoms with Gasteiger partial charge in [0.1, 0.15) is 5.82 Å². The number of nitrogens with one attached hydrogen (secondary N) is 1. The molecule has 0 spiro atoms. The second-order valence-corrected chi connectivity index (χ2v) is 4.96. The van der Waals surface area contributed by atoms with E-state index >= 15 is 0 Å². The van der Waals surface area contributed by atoms with Crippen LogP contribution in [0, 0.1) is 5.82 Å². The van der Waals surface area contributed by atoms with Gasteiger partial charge >= 0.3 is 0 Å². The molecule has 3 rings (SSSR count). The molecule has 22 heavy (non-hydrogen) atoms. The number of ether oxygens (including phenoxy) is 1. The van der Waals surface area contributed by atoms with Gasteiger partial charge < -0.3 is 15.2 Å². The number of anilines is 2. The van der Waals surface area contributed by atoms with Gasteiger partial charge in [0.15, 0.2) is 11.5 Å². The molecule has 0 aliphatic rings. The predicted octanol–water partition coefficient (Wildman–Crippen LogP) is 3.88. The molecule has 0 bridgehead atoms. The molecule has 2 aromatic carbocycles. The van der Waals surface area contributed by atoms with Crippen molar-refractivity contribution >= 4 is 34.1 Å². The van der Waals surface area contributed by atoms with Crippen LogP contribution in [0.5, 0.6) is 11.5 Å². The van der Waals surface area contributed by atoms with Crippen LogP contribution >= 0.6 is 11.6 Å². The van der Waals surface area contributed by atoms with E-state index in [1.54, 1.807) is 18.3 Å². The summed E-state index contributed by atoms with van der Waals surface area (Å²) in [7, 11) is 1.46. The summed E-state index contributed by atoms with van der Waals surface area (Å²) >= 11 is 5.71. The second kappa shape index (κ2) is 5.65. The molecule has 0 unspecified atom stereocenters. The lowest BCUT2D eigenvalue weighted by Gasteiger charge is -2.08. The number of methoxy groups -OCH3 is 1. The number of benzene rings is 2. The van der Waals surface area contributed by atoms with E-state index in [-0.39, 0.29) is 17.4 Å². The molecule has 112 valence electrons. The maximum atomic E-state index is 13.8. The van der Waals surface area contributed by atoms with E-state index in [1.807, 2.05) is 0 Å². The Labute approximate surface area is 130 Å². The van der Waals surface area contributed by atoms with Crippen LogP contribution in [0.15, 0.2) is 36.5 Å². The molecule has 1 aromatic heterocycles. The van der Waals surface area contributed by atoms with Gasteiger partial charge in [-0.25, -0.2) is 14.4 Å². The summed E-state index contributed by atoms with van der Waals surface area (Å²) in [6, 6.07) is 7.33. The van der Waals surface area contributed by atoms with Crippen molar-refractivity contribution in [2.24, 2.45) is 0 Å². The van der Waals surface area contributed by atoms with Crippen molar-refractivity contribution in [3.8, 4) is 11.5 Å². The molecule has 3 aromatic rings. The zero-order valence-corrected chi connectivity index (χ0v) is 12.2. The lowest BCUT2D eigenvalue weighted by atomic mass is 10.2. The van der Waals surface area contributed by atoms with Crippen LogP contribution in [0.4, 0.5) is 16.0 Å². The molecular weight excluding hydrogens is 309 g/mol. The largest absolute Gasteiger partial charge is 0.504 e. The van der Waals surface area contributed by atoms with E-state index in [9.17, 15) is 9.50 Å². The van der Waals surface area contributed by atoms with Crippen LogP contribution < -0.4 is 10.1 Å². The summed E-state index contributed by atoms with van der Waals surface area (Å²) in [6.07, 6.45) is 1.56. The number of phenolic OH excluding ortho intramolecular Hbond substituents is 1. The van der Waals surface area contributed by atoms with Gasteiger partial charge in [0, 0.05) is 22.7 Å². The lowest BCUT2D eigenvalue weighted by Crippen LogP contribution is -1.99. The fraction of sp³-hybridized carbons (Fsp3) is 0.0667. The Balaban J connectivity index is 1.98. The van der Waals surface area contributed by atoms with Crippen LogP contribution in [0.3, 0.4) is 0 Å². The number of fused-ring (bicyclic) bond motifs is 1. The highest BCUT2D eigenvalue weighted by atomic mass is 35.5. The lowest BCUT2D eigenvalue weighted by molar-refractivity contribution is 0.374. The summed E-state index contributed by atoms with van der Waals surface area (Å²) in [6.45, 7) is 0.